The minimum Gasteiger partial charge on any atom is -0.477 e. The van der Waals surface area contributed by atoms with Gasteiger partial charge in [-0.3, -0.25) is 0 Å². The molecule has 0 aliphatic carbocycles. The third-order valence-corrected chi connectivity index (χ3v) is 3.98. The minimum atomic E-state index is -0.904. The molecule has 100 valence electrons. The van der Waals surface area contributed by atoms with E-state index >= 15 is 0 Å². The second-order valence-electron chi connectivity index (χ2n) is 4.59. The summed E-state index contributed by atoms with van der Waals surface area (Å²) in [6.45, 7) is 3.90. The van der Waals surface area contributed by atoms with Gasteiger partial charge in [-0.15, -0.1) is 11.3 Å². The van der Waals surface area contributed by atoms with Crippen LogP contribution in [0.3, 0.4) is 0 Å². The SMILES string of the molecule is CC(C)c1nc(Cc2cccc(Cl)c2)sc1C(=O)O. The number of aromatic nitrogens is 1. The van der Waals surface area contributed by atoms with E-state index in [1.807, 2.05) is 38.1 Å². The molecule has 5 heteroatoms. The van der Waals surface area contributed by atoms with Crippen LogP contribution in [-0.2, 0) is 6.42 Å². The molecule has 2 rings (SSSR count). The summed E-state index contributed by atoms with van der Waals surface area (Å²) in [6.07, 6.45) is 0.609. The molecule has 0 amide bonds. The van der Waals surface area contributed by atoms with Crippen LogP contribution in [0.1, 0.15) is 45.7 Å². The number of aromatic carboxylic acids is 1. The molecule has 0 saturated heterocycles. The van der Waals surface area contributed by atoms with Gasteiger partial charge in [0.25, 0.3) is 0 Å². The van der Waals surface area contributed by atoms with Gasteiger partial charge in [-0.2, -0.15) is 0 Å². The molecule has 0 spiro atoms. The molecule has 3 nitrogen and oxygen atoms in total. The fourth-order valence-electron chi connectivity index (χ4n) is 1.82. The number of nitrogens with zero attached hydrogens (tertiary/aromatic N) is 1. The highest BCUT2D eigenvalue weighted by atomic mass is 35.5. The molecular weight excluding hydrogens is 282 g/mol. The quantitative estimate of drug-likeness (QED) is 0.919. The summed E-state index contributed by atoms with van der Waals surface area (Å²) in [5.74, 6) is -0.797. The van der Waals surface area contributed by atoms with Crippen LogP contribution >= 0.6 is 22.9 Å². The molecule has 0 unspecified atom stereocenters. The minimum absolute atomic E-state index is 0.107. The Bertz CT molecular complexity index is 607. The van der Waals surface area contributed by atoms with E-state index in [0.29, 0.717) is 22.0 Å². The zero-order valence-corrected chi connectivity index (χ0v) is 12.3. The zero-order chi connectivity index (χ0) is 14.0. The molecule has 0 radical (unpaired) electrons. The van der Waals surface area contributed by atoms with Crippen molar-refractivity contribution in [2.24, 2.45) is 0 Å². The largest absolute Gasteiger partial charge is 0.477 e. The van der Waals surface area contributed by atoms with Gasteiger partial charge >= 0.3 is 5.97 Å². The summed E-state index contributed by atoms with van der Waals surface area (Å²) in [5.41, 5.74) is 1.70. The summed E-state index contributed by atoms with van der Waals surface area (Å²) < 4.78 is 0. The molecular formula is C14H14ClNO2S. The second-order valence-corrected chi connectivity index (χ2v) is 6.11. The molecule has 19 heavy (non-hydrogen) atoms. The van der Waals surface area contributed by atoms with Crippen molar-refractivity contribution in [2.45, 2.75) is 26.2 Å². The number of thiazole rings is 1. The van der Waals surface area contributed by atoms with E-state index in [9.17, 15) is 9.90 Å². The van der Waals surface area contributed by atoms with Gasteiger partial charge in [0.15, 0.2) is 0 Å². The molecule has 0 aliphatic heterocycles. The Balaban J connectivity index is 2.31. The Labute approximate surface area is 120 Å². The first-order valence-corrected chi connectivity index (χ1v) is 7.14. The number of rotatable bonds is 4. The van der Waals surface area contributed by atoms with Crippen molar-refractivity contribution in [3.05, 3.63) is 50.4 Å². The van der Waals surface area contributed by atoms with Crippen molar-refractivity contribution >= 4 is 28.9 Å². The highest BCUT2D eigenvalue weighted by molar-refractivity contribution is 7.13. The van der Waals surface area contributed by atoms with Crippen LogP contribution in [0.25, 0.3) is 0 Å². The average Bonchev–Trinajstić information content (AvgIpc) is 2.73. The van der Waals surface area contributed by atoms with E-state index in [1.165, 1.54) is 11.3 Å². The fourth-order valence-corrected chi connectivity index (χ4v) is 3.12. The first-order valence-electron chi connectivity index (χ1n) is 5.94. The number of carbonyl (C=O) groups is 1. The molecule has 0 aliphatic rings. The number of benzene rings is 1. The normalized spacial score (nSPS) is 10.9. The van der Waals surface area contributed by atoms with Crippen LogP contribution in [0.4, 0.5) is 0 Å². The maximum absolute atomic E-state index is 11.2. The Morgan fingerprint density at radius 2 is 2.21 bits per heavy atom. The van der Waals surface area contributed by atoms with Gasteiger partial charge in [-0.1, -0.05) is 37.6 Å². The fraction of sp³-hybridized carbons (Fsp3) is 0.286. The predicted octanol–water partition coefficient (Wildman–Crippen LogP) is 4.21. The summed E-state index contributed by atoms with van der Waals surface area (Å²) in [4.78, 5) is 16.0. The van der Waals surface area contributed by atoms with Gasteiger partial charge in [0.1, 0.15) is 4.88 Å². The molecule has 0 bridgehead atoms. The molecule has 0 fully saturated rings. The van der Waals surface area contributed by atoms with Crippen molar-refractivity contribution in [3.63, 3.8) is 0 Å². The molecule has 2 aromatic rings. The Hall–Kier alpha value is -1.39. The maximum Gasteiger partial charge on any atom is 0.347 e. The van der Waals surface area contributed by atoms with Crippen molar-refractivity contribution in [1.82, 2.24) is 4.98 Å². The van der Waals surface area contributed by atoms with Crippen molar-refractivity contribution in [1.29, 1.82) is 0 Å². The van der Waals surface area contributed by atoms with E-state index < -0.39 is 5.97 Å². The molecule has 1 aromatic heterocycles. The van der Waals surface area contributed by atoms with Gasteiger partial charge in [-0.05, 0) is 23.6 Å². The first-order chi connectivity index (χ1) is 8.97. The van der Waals surface area contributed by atoms with E-state index in [4.69, 9.17) is 11.6 Å². The maximum atomic E-state index is 11.2. The van der Waals surface area contributed by atoms with Gasteiger partial charge in [-0.25, -0.2) is 9.78 Å². The highest BCUT2D eigenvalue weighted by Gasteiger charge is 2.19. The standard InChI is InChI=1S/C14H14ClNO2S/c1-8(2)12-13(14(17)18)19-11(16-12)7-9-4-3-5-10(15)6-9/h3-6,8H,7H2,1-2H3,(H,17,18). The van der Waals surface area contributed by atoms with Crippen molar-refractivity contribution in [2.75, 3.05) is 0 Å². The van der Waals surface area contributed by atoms with Crippen molar-refractivity contribution < 1.29 is 9.90 Å². The van der Waals surface area contributed by atoms with Crippen LogP contribution in [0.2, 0.25) is 5.02 Å². The number of carboxylic acids is 1. The monoisotopic (exact) mass is 295 g/mol. The zero-order valence-electron chi connectivity index (χ0n) is 10.7. The molecule has 1 heterocycles. The highest BCUT2D eigenvalue weighted by Crippen LogP contribution is 2.27. The lowest BCUT2D eigenvalue weighted by Crippen LogP contribution is -2.00. The lowest BCUT2D eigenvalue weighted by Gasteiger charge is -2.00. The summed E-state index contributed by atoms with van der Waals surface area (Å²) >= 11 is 7.18. The molecule has 1 N–H and O–H groups in total. The van der Waals surface area contributed by atoms with Gasteiger partial charge in [0.05, 0.1) is 10.7 Å². The van der Waals surface area contributed by atoms with Gasteiger partial charge in [0.2, 0.25) is 0 Å². The van der Waals surface area contributed by atoms with E-state index in [2.05, 4.69) is 4.98 Å². The smallest absolute Gasteiger partial charge is 0.347 e. The van der Waals surface area contributed by atoms with Gasteiger partial charge < -0.3 is 5.11 Å². The molecule has 0 saturated carbocycles. The van der Waals surface area contributed by atoms with E-state index in [0.717, 1.165) is 10.6 Å². The lowest BCUT2D eigenvalue weighted by atomic mass is 10.1. The number of hydrogen-bond donors (Lipinski definition) is 1. The van der Waals surface area contributed by atoms with Crippen LogP contribution in [0.5, 0.6) is 0 Å². The average molecular weight is 296 g/mol. The van der Waals surface area contributed by atoms with E-state index in [1.54, 1.807) is 0 Å². The second kappa shape index (κ2) is 5.72. The Morgan fingerprint density at radius 3 is 2.74 bits per heavy atom. The Morgan fingerprint density at radius 1 is 1.47 bits per heavy atom. The van der Waals surface area contributed by atoms with Crippen LogP contribution in [0.15, 0.2) is 24.3 Å². The predicted molar refractivity (Wildman–Crippen MR) is 77.4 cm³/mol. The molecule has 1 aromatic carbocycles. The van der Waals surface area contributed by atoms with Gasteiger partial charge in [0, 0.05) is 11.4 Å². The van der Waals surface area contributed by atoms with Crippen LogP contribution in [0, 0.1) is 0 Å². The summed E-state index contributed by atoms with van der Waals surface area (Å²) in [7, 11) is 0. The van der Waals surface area contributed by atoms with Crippen molar-refractivity contribution in [3.8, 4) is 0 Å². The summed E-state index contributed by atoms with van der Waals surface area (Å²) in [5, 5.41) is 10.7. The number of hydrogen-bond acceptors (Lipinski definition) is 3. The lowest BCUT2D eigenvalue weighted by molar-refractivity contribution is 0.0700. The van der Waals surface area contributed by atoms with Crippen LogP contribution < -0.4 is 0 Å². The topological polar surface area (TPSA) is 50.2 Å². The third-order valence-electron chi connectivity index (χ3n) is 2.68. The molecule has 0 atom stereocenters. The van der Waals surface area contributed by atoms with Crippen LogP contribution in [-0.4, -0.2) is 16.1 Å². The Kier molecular flexibility index (Phi) is 4.22. The summed E-state index contributed by atoms with van der Waals surface area (Å²) in [6, 6.07) is 7.53. The van der Waals surface area contributed by atoms with E-state index in [-0.39, 0.29) is 5.92 Å². The third kappa shape index (κ3) is 3.33. The number of halogens is 1. The first kappa shape index (κ1) is 14.0. The number of carboxylic acid groups (broad SMARTS) is 1.